The summed E-state index contributed by atoms with van der Waals surface area (Å²) < 4.78 is 27.8. The van der Waals surface area contributed by atoms with Crippen molar-refractivity contribution in [2.24, 2.45) is 0 Å². The molecule has 38 heavy (non-hydrogen) atoms. The van der Waals surface area contributed by atoms with Crippen molar-refractivity contribution in [3.8, 4) is 0 Å². The number of hydrogen-bond acceptors (Lipinski definition) is 9. The van der Waals surface area contributed by atoms with Crippen LogP contribution in [0.15, 0.2) is 63.4 Å². The molecule has 3 heterocycles. The molecule has 2 aliphatic rings. The summed E-state index contributed by atoms with van der Waals surface area (Å²) in [5.74, 6) is -0.396. The van der Waals surface area contributed by atoms with Crippen LogP contribution < -0.4 is 5.32 Å². The summed E-state index contributed by atoms with van der Waals surface area (Å²) in [4.78, 5) is 28.4. The van der Waals surface area contributed by atoms with Crippen LogP contribution in [-0.2, 0) is 41.7 Å². The highest BCUT2D eigenvalue weighted by Crippen LogP contribution is 2.41. The summed E-state index contributed by atoms with van der Waals surface area (Å²) in [6.45, 7) is 7.81. The van der Waals surface area contributed by atoms with E-state index >= 15 is 0 Å². The van der Waals surface area contributed by atoms with Gasteiger partial charge in [0.1, 0.15) is 18.1 Å². The molecule has 0 spiro atoms. The van der Waals surface area contributed by atoms with Crippen LogP contribution in [0.1, 0.15) is 36.8 Å². The Hall–Kier alpha value is -3.11. The summed E-state index contributed by atoms with van der Waals surface area (Å²) in [6, 6.07) is 10.9. The van der Waals surface area contributed by atoms with Crippen LogP contribution in [-0.4, -0.2) is 63.5 Å². The number of carbonyl (C=O) groups is 2. The molecule has 1 aromatic heterocycles. The molecule has 0 saturated carbocycles. The molecule has 1 unspecified atom stereocenters. The number of allylic oxidation sites excluding steroid dienone is 1. The maximum atomic E-state index is 13.3. The van der Waals surface area contributed by atoms with Crippen LogP contribution >= 0.6 is 11.6 Å². The lowest BCUT2D eigenvalue weighted by molar-refractivity contribution is -0.139. The lowest BCUT2D eigenvalue weighted by Crippen LogP contribution is -2.35. The lowest BCUT2D eigenvalue weighted by Gasteiger charge is -2.31. The Labute approximate surface area is 227 Å². The molecule has 1 atom stereocenters. The highest BCUT2D eigenvalue weighted by atomic mass is 35.5. The minimum atomic E-state index is -0.793. The lowest BCUT2D eigenvalue weighted by atomic mass is 9.80. The second-order valence-corrected chi connectivity index (χ2v) is 9.38. The first kappa shape index (κ1) is 27.9. The topological polar surface area (TPSA) is 99.5 Å². The number of halogens is 1. The van der Waals surface area contributed by atoms with Gasteiger partial charge in [0, 0.05) is 23.8 Å². The summed E-state index contributed by atoms with van der Waals surface area (Å²) in [6.07, 6.45) is 0. The molecule has 1 aromatic carbocycles. The van der Waals surface area contributed by atoms with Crippen LogP contribution in [0, 0.1) is 0 Å². The Morgan fingerprint density at radius 2 is 1.79 bits per heavy atom. The van der Waals surface area contributed by atoms with E-state index in [1.54, 1.807) is 38.1 Å². The summed E-state index contributed by atoms with van der Waals surface area (Å²) in [7, 11) is 1.30. The van der Waals surface area contributed by atoms with Crippen LogP contribution in [0.3, 0.4) is 0 Å². The Morgan fingerprint density at radius 1 is 1.05 bits per heavy atom. The smallest absolute Gasteiger partial charge is 0.336 e. The first-order valence-corrected chi connectivity index (χ1v) is 13.0. The van der Waals surface area contributed by atoms with Crippen molar-refractivity contribution in [1.29, 1.82) is 0 Å². The molecule has 0 radical (unpaired) electrons. The van der Waals surface area contributed by atoms with E-state index in [1.165, 1.54) is 7.11 Å². The fraction of sp³-hybridized carbons (Fsp3) is 0.429. The molecule has 0 bridgehead atoms. The molecule has 204 valence electrons. The first-order valence-electron chi connectivity index (χ1n) is 12.6. The molecule has 4 rings (SSSR count). The van der Waals surface area contributed by atoms with E-state index in [4.69, 9.17) is 35.0 Å². The largest absolute Gasteiger partial charge is 0.466 e. The average Bonchev–Trinajstić information content (AvgIpc) is 3.35. The standard InChI is InChI=1S/C28H33ClN2O7/c1-4-37-28(33)26-23(17-36-16-20-10-9-19(38-20)15-31-11-13-35-14-12-31)30-18(2)24(27(32)34-3)25(26)21-7-5-6-8-22(21)29/h5-10,25,30H,4,11-17H2,1-3H3. The van der Waals surface area contributed by atoms with Crippen LogP contribution in [0.2, 0.25) is 5.02 Å². The van der Waals surface area contributed by atoms with E-state index in [2.05, 4.69) is 10.2 Å². The van der Waals surface area contributed by atoms with Crippen molar-refractivity contribution in [3.63, 3.8) is 0 Å². The van der Waals surface area contributed by atoms with E-state index in [-0.39, 0.29) is 31.0 Å². The van der Waals surface area contributed by atoms with E-state index in [1.807, 2.05) is 12.1 Å². The molecule has 10 heteroatoms. The molecule has 1 N–H and O–H groups in total. The van der Waals surface area contributed by atoms with Crippen molar-refractivity contribution >= 4 is 23.5 Å². The molecule has 0 aliphatic carbocycles. The van der Waals surface area contributed by atoms with Gasteiger partial charge in [-0.2, -0.15) is 0 Å². The third-order valence-corrected chi connectivity index (χ3v) is 6.80. The van der Waals surface area contributed by atoms with Gasteiger partial charge in [-0.15, -0.1) is 0 Å². The SMILES string of the molecule is CCOC(=O)C1=C(COCc2ccc(CN3CCOCC3)o2)NC(C)=C(C(=O)OC)C1c1ccccc1Cl. The van der Waals surface area contributed by atoms with Crippen LogP contribution in [0.5, 0.6) is 0 Å². The minimum absolute atomic E-state index is 0.0559. The number of hydrogen-bond donors (Lipinski definition) is 1. The normalized spacial score (nSPS) is 18.4. The minimum Gasteiger partial charge on any atom is -0.466 e. The third kappa shape index (κ3) is 6.47. The molecule has 2 aromatic rings. The number of benzene rings is 1. The zero-order valence-electron chi connectivity index (χ0n) is 21.9. The van der Waals surface area contributed by atoms with Crippen molar-refractivity contribution in [1.82, 2.24) is 10.2 Å². The van der Waals surface area contributed by atoms with Gasteiger partial charge in [0.2, 0.25) is 0 Å². The van der Waals surface area contributed by atoms with Gasteiger partial charge in [-0.05, 0) is 37.6 Å². The van der Waals surface area contributed by atoms with E-state index < -0.39 is 17.9 Å². The fourth-order valence-corrected chi connectivity index (χ4v) is 4.92. The quantitative estimate of drug-likeness (QED) is 0.446. The predicted molar refractivity (Wildman–Crippen MR) is 140 cm³/mol. The van der Waals surface area contributed by atoms with Gasteiger partial charge in [0.15, 0.2) is 0 Å². The molecule has 1 fully saturated rings. The summed E-state index contributed by atoms with van der Waals surface area (Å²) in [5, 5.41) is 3.59. The number of ether oxygens (including phenoxy) is 4. The molecular formula is C28H33ClN2O7. The number of nitrogens with zero attached hydrogens (tertiary/aromatic N) is 1. The number of dihydropyridines is 1. The Morgan fingerprint density at radius 3 is 2.50 bits per heavy atom. The van der Waals surface area contributed by atoms with Gasteiger partial charge in [-0.3, -0.25) is 4.90 Å². The highest BCUT2D eigenvalue weighted by Gasteiger charge is 2.39. The Balaban J connectivity index is 1.57. The predicted octanol–water partition coefficient (Wildman–Crippen LogP) is 3.93. The second-order valence-electron chi connectivity index (χ2n) is 8.97. The highest BCUT2D eigenvalue weighted by molar-refractivity contribution is 6.31. The van der Waals surface area contributed by atoms with Crippen molar-refractivity contribution < 1.29 is 33.0 Å². The number of methoxy groups -OCH3 is 1. The average molecular weight is 545 g/mol. The monoisotopic (exact) mass is 544 g/mol. The van der Waals surface area contributed by atoms with Gasteiger partial charge < -0.3 is 28.7 Å². The van der Waals surface area contributed by atoms with Gasteiger partial charge in [0.25, 0.3) is 0 Å². The second kappa shape index (κ2) is 13.1. The maximum Gasteiger partial charge on any atom is 0.336 e. The number of carbonyl (C=O) groups excluding carboxylic acids is 2. The van der Waals surface area contributed by atoms with Crippen molar-refractivity contribution in [2.75, 3.05) is 46.6 Å². The van der Waals surface area contributed by atoms with E-state index in [0.29, 0.717) is 34.3 Å². The van der Waals surface area contributed by atoms with Crippen LogP contribution in [0.4, 0.5) is 0 Å². The van der Waals surface area contributed by atoms with E-state index in [9.17, 15) is 9.59 Å². The zero-order chi connectivity index (χ0) is 27.1. The van der Waals surface area contributed by atoms with Crippen molar-refractivity contribution in [2.45, 2.75) is 32.9 Å². The van der Waals surface area contributed by atoms with E-state index in [0.717, 1.165) is 32.1 Å². The molecular weight excluding hydrogens is 512 g/mol. The molecule has 0 amide bonds. The third-order valence-electron chi connectivity index (χ3n) is 6.45. The summed E-state index contributed by atoms with van der Waals surface area (Å²) >= 11 is 6.55. The first-order chi connectivity index (χ1) is 18.4. The Bertz CT molecular complexity index is 1210. The fourth-order valence-electron chi connectivity index (χ4n) is 4.68. The number of furan rings is 1. The number of nitrogens with one attached hydrogen (secondary N) is 1. The van der Waals surface area contributed by atoms with Crippen LogP contribution in [0.25, 0.3) is 0 Å². The number of morpholine rings is 1. The number of esters is 2. The van der Waals surface area contributed by atoms with Gasteiger partial charge >= 0.3 is 11.9 Å². The molecule has 2 aliphatic heterocycles. The zero-order valence-corrected chi connectivity index (χ0v) is 22.6. The Kier molecular flexibility index (Phi) is 9.63. The molecule has 9 nitrogen and oxygen atoms in total. The van der Waals surface area contributed by atoms with Gasteiger partial charge in [-0.1, -0.05) is 29.8 Å². The maximum absolute atomic E-state index is 13.3. The summed E-state index contributed by atoms with van der Waals surface area (Å²) in [5.41, 5.74) is 2.15. The van der Waals surface area contributed by atoms with Gasteiger partial charge in [-0.25, -0.2) is 9.59 Å². The molecule has 1 saturated heterocycles. The van der Waals surface area contributed by atoms with Gasteiger partial charge in [0.05, 0.1) is 62.8 Å². The van der Waals surface area contributed by atoms with Crippen molar-refractivity contribution in [3.05, 3.63) is 81.0 Å². The number of rotatable bonds is 10.